The number of carboxylic acids is 1. The van der Waals surface area contributed by atoms with E-state index in [1.807, 2.05) is 30.3 Å². The average molecular weight is 459 g/mol. The van der Waals surface area contributed by atoms with Gasteiger partial charge in [-0.2, -0.15) is 0 Å². The number of phenolic OH excluding ortho intramolecular Hbond substituents is 1. The molecule has 0 aliphatic rings. The van der Waals surface area contributed by atoms with Crippen LogP contribution in [0, 0.1) is 0 Å². The zero-order valence-electron chi connectivity index (χ0n) is 20.8. The second-order valence-corrected chi connectivity index (χ2v) is 10.6. The van der Waals surface area contributed by atoms with Crippen molar-refractivity contribution >= 4 is 12.0 Å². The normalized spacial score (nSPS) is 12.2. The number of carbonyl (C=O) groups is 1. The van der Waals surface area contributed by atoms with Gasteiger partial charge in [-0.3, -0.25) is 0 Å². The molecule has 0 saturated carbocycles. The summed E-state index contributed by atoms with van der Waals surface area (Å²) in [6, 6.07) is 19.4. The lowest BCUT2D eigenvalue weighted by Gasteiger charge is -2.30. The molecule has 0 saturated heterocycles. The predicted molar refractivity (Wildman–Crippen MR) is 138 cm³/mol. The van der Waals surface area contributed by atoms with E-state index in [1.54, 1.807) is 18.2 Å². The van der Waals surface area contributed by atoms with Crippen molar-refractivity contribution in [3.63, 3.8) is 0 Å². The van der Waals surface area contributed by atoms with E-state index in [0.717, 1.165) is 34.1 Å². The topological polar surface area (TPSA) is 66.8 Å². The Morgan fingerprint density at radius 1 is 0.882 bits per heavy atom. The minimum Gasteiger partial charge on any atom is -0.507 e. The number of ether oxygens (including phenoxy) is 1. The molecule has 0 unspecified atom stereocenters. The Kier molecular flexibility index (Phi) is 7.21. The van der Waals surface area contributed by atoms with Gasteiger partial charge < -0.3 is 14.9 Å². The first-order valence-corrected chi connectivity index (χ1v) is 11.5. The maximum atomic E-state index is 11.0. The first kappa shape index (κ1) is 25.1. The lowest BCUT2D eigenvalue weighted by atomic mass is 9.78. The van der Waals surface area contributed by atoms with Gasteiger partial charge in [0.2, 0.25) is 0 Å². The Balaban J connectivity index is 2.27. The Morgan fingerprint density at radius 3 is 2.15 bits per heavy atom. The Morgan fingerprint density at radius 2 is 1.56 bits per heavy atom. The second-order valence-electron chi connectivity index (χ2n) is 10.6. The number of hydrogen-bond acceptors (Lipinski definition) is 3. The zero-order chi connectivity index (χ0) is 25.1. The molecule has 0 radical (unpaired) electrons. The van der Waals surface area contributed by atoms with Crippen LogP contribution in [0.5, 0.6) is 11.5 Å². The summed E-state index contributed by atoms with van der Waals surface area (Å²) in [4.78, 5) is 11.0. The lowest BCUT2D eigenvalue weighted by Crippen LogP contribution is -2.18. The third-order valence-electron chi connectivity index (χ3n) is 5.72. The van der Waals surface area contributed by atoms with Gasteiger partial charge in [0.25, 0.3) is 0 Å². The number of aliphatic carboxylic acids is 1. The molecule has 3 aromatic carbocycles. The highest BCUT2D eigenvalue weighted by atomic mass is 16.5. The molecule has 0 aromatic heterocycles. The monoisotopic (exact) mass is 458 g/mol. The van der Waals surface area contributed by atoms with E-state index >= 15 is 0 Å². The highest BCUT2D eigenvalue weighted by molar-refractivity contribution is 5.86. The number of benzene rings is 3. The zero-order valence-corrected chi connectivity index (χ0v) is 20.8. The maximum absolute atomic E-state index is 11.0. The highest BCUT2D eigenvalue weighted by Crippen LogP contribution is 2.45. The lowest BCUT2D eigenvalue weighted by molar-refractivity contribution is -0.131. The summed E-state index contributed by atoms with van der Waals surface area (Å²) < 4.78 is 6.47. The van der Waals surface area contributed by atoms with E-state index in [1.165, 1.54) is 6.08 Å². The summed E-state index contributed by atoms with van der Waals surface area (Å²) >= 11 is 0. The number of rotatable bonds is 6. The summed E-state index contributed by atoms with van der Waals surface area (Å²) in [5, 5.41) is 19.9. The Hall–Kier alpha value is -3.53. The molecule has 0 spiro atoms. The van der Waals surface area contributed by atoms with Gasteiger partial charge in [0.15, 0.2) is 0 Å². The van der Waals surface area contributed by atoms with Crippen LogP contribution < -0.4 is 4.74 Å². The molecule has 3 aromatic rings. The number of carboxylic acid groups (broad SMARTS) is 1. The fourth-order valence-electron chi connectivity index (χ4n) is 3.74. The molecule has 2 N–H and O–H groups in total. The van der Waals surface area contributed by atoms with Crippen molar-refractivity contribution in [1.82, 2.24) is 0 Å². The molecule has 4 heteroatoms. The van der Waals surface area contributed by atoms with Gasteiger partial charge in [-0.25, -0.2) is 4.79 Å². The molecular formula is C30H34O4. The molecule has 0 aliphatic carbocycles. The smallest absolute Gasteiger partial charge is 0.328 e. The van der Waals surface area contributed by atoms with Crippen LogP contribution in [0.2, 0.25) is 0 Å². The molecule has 3 rings (SSSR count). The molecule has 0 bridgehead atoms. The molecule has 178 valence electrons. The van der Waals surface area contributed by atoms with E-state index in [-0.39, 0.29) is 16.6 Å². The average Bonchev–Trinajstić information content (AvgIpc) is 2.76. The van der Waals surface area contributed by atoms with Crippen molar-refractivity contribution in [2.45, 2.75) is 59.0 Å². The van der Waals surface area contributed by atoms with Gasteiger partial charge in [-0.1, -0.05) is 84.0 Å². The highest BCUT2D eigenvalue weighted by Gasteiger charge is 2.27. The summed E-state index contributed by atoms with van der Waals surface area (Å²) in [7, 11) is 0. The minimum absolute atomic E-state index is 0.114. The van der Waals surface area contributed by atoms with Crippen LogP contribution in [-0.4, -0.2) is 16.2 Å². The van der Waals surface area contributed by atoms with Gasteiger partial charge in [0.05, 0.1) is 0 Å². The van der Waals surface area contributed by atoms with E-state index in [2.05, 4.69) is 53.7 Å². The summed E-state index contributed by atoms with van der Waals surface area (Å²) in [5.74, 6) is -0.187. The number of phenols is 1. The van der Waals surface area contributed by atoms with Crippen molar-refractivity contribution in [2.24, 2.45) is 0 Å². The van der Waals surface area contributed by atoms with Crippen molar-refractivity contribution in [3.05, 3.63) is 89.0 Å². The third kappa shape index (κ3) is 6.07. The molecule has 0 fully saturated rings. The van der Waals surface area contributed by atoms with Gasteiger partial charge in [-0.15, -0.1) is 0 Å². The van der Waals surface area contributed by atoms with E-state index in [4.69, 9.17) is 9.84 Å². The number of aromatic hydroxyl groups is 1. The standard InChI is InChI=1S/C30H34O4/c1-29(2,3)22-17-24(23-16-20(12-14-26(23)31)13-15-27(32)33)28(25(18-22)30(4,5)6)34-19-21-10-8-7-9-11-21/h7-18,31H,19H2,1-6H3,(H,32,33)/b15-13+. The quantitative estimate of drug-likeness (QED) is 0.380. The van der Waals surface area contributed by atoms with Gasteiger partial charge in [0.1, 0.15) is 18.1 Å². The molecule has 0 atom stereocenters. The largest absolute Gasteiger partial charge is 0.507 e. The summed E-state index contributed by atoms with van der Waals surface area (Å²) in [5.41, 5.74) is 4.98. The molecule has 0 aliphatic heterocycles. The summed E-state index contributed by atoms with van der Waals surface area (Å²) in [6.07, 6.45) is 2.61. The van der Waals surface area contributed by atoms with Gasteiger partial charge >= 0.3 is 5.97 Å². The third-order valence-corrected chi connectivity index (χ3v) is 5.72. The molecular weight excluding hydrogens is 424 g/mol. The van der Waals surface area contributed by atoms with Crippen LogP contribution in [0.1, 0.15) is 63.8 Å². The van der Waals surface area contributed by atoms with Crippen LogP contribution in [0.15, 0.2) is 66.7 Å². The minimum atomic E-state index is -1.02. The molecule has 0 amide bonds. The Labute approximate surface area is 202 Å². The van der Waals surface area contributed by atoms with Crippen LogP contribution in [0.25, 0.3) is 17.2 Å². The van der Waals surface area contributed by atoms with Crippen molar-refractivity contribution < 1.29 is 19.7 Å². The van der Waals surface area contributed by atoms with Crippen LogP contribution in [0.4, 0.5) is 0 Å². The SMILES string of the molecule is CC(C)(C)c1cc(-c2cc(/C=C/C(=O)O)ccc2O)c(OCc2ccccc2)c(C(C)(C)C)c1. The molecule has 34 heavy (non-hydrogen) atoms. The fourth-order valence-corrected chi connectivity index (χ4v) is 3.74. The van der Waals surface area contributed by atoms with Gasteiger partial charge in [-0.05, 0) is 51.8 Å². The first-order chi connectivity index (χ1) is 15.9. The fraction of sp³-hybridized carbons (Fsp3) is 0.300. The number of hydrogen-bond donors (Lipinski definition) is 2. The van der Waals surface area contributed by atoms with Crippen molar-refractivity contribution in [1.29, 1.82) is 0 Å². The van der Waals surface area contributed by atoms with Crippen LogP contribution >= 0.6 is 0 Å². The first-order valence-electron chi connectivity index (χ1n) is 11.5. The van der Waals surface area contributed by atoms with Crippen LogP contribution in [-0.2, 0) is 22.2 Å². The van der Waals surface area contributed by atoms with Crippen molar-refractivity contribution in [2.75, 3.05) is 0 Å². The van der Waals surface area contributed by atoms with Gasteiger partial charge in [0, 0.05) is 22.8 Å². The summed E-state index contributed by atoms with van der Waals surface area (Å²) in [6.45, 7) is 13.3. The van der Waals surface area contributed by atoms with Crippen molar-refractivity contribution in [3.8, 4) is 22.6 Å². The maximum Gasteiger partial charge on any atom is 0.328 e. The Bertz CT molecular complexity index is 1190. The van der Waals surface area contributed by atoms with E-state index in [0.29, 0.717) is 17.7 Å². The predicted octanol–water partition coefficient (Wildman–Crippen LogP) is 7.33. The van der Waals surface area contributed by atoms with E-state index in [9.17, 15) is 9.90 Å². The molecule has 4 nitrogen and oxygen atoms in total. The van der Waals surface area contributed by atoms with E-state index < -0.39 is 5.97 Å². The van der Waals surface area contributed by atoms with Crippen LogP contribution in [0.3, 0.4) is 0 Å². The second kappa shape index (κ2) is 9.76. The molecule has 0 heterocycles.